The maximum atomic E-state index is 11.8. The molecule has 0 aromatic carbocycles. The minimum absolute atomic E-state index is 0.0418. The van der Waals surface area contributed by atoms with Crippen LogP contribution in [0, 0.1) is 5.92 Å². The first-order chi connectivity index (χ1) is 9.23. The molecule has 0 unspecified atom stereocenters. The first-order valence-electron chi connectivity index (χ1n) is 6.58. The second-order valence-corrected chi connectivity index (χ2v) is 5.08. The molecule has 0 heterocycles. The van der Waals surface area contributed by atoms with E-state index in [-0.39, 0.29) is 18.3 Å². The number of hydrogen-bond acceptors (Lipinski definition) is 4. The lowest BCUT2D eigenvalue weighted by Crippen LogP contribution is -2.48. The Kier molecular flexibility index (Phi) is 8.30. The van der Waals surface area contributed by atoms with Crippen molar-refractivity contribution in [2.75, 3.05) is 6.54 Å². The van der Waals surface area contributed by atoms with Crippen LogP contribution < -0.4 is 22.5 Å². The summed E-state index contributed by atoms with van der Waals surface area (Å²) in [7, 11) is 0. The highest BCUT2D eigenvalue weighted by atomic mass is 16.4. The summed E-state index contributed by atoms with van der Waals surface area (Å²) in [6.45, 7) is 4.20. The number of nitrogens with zero attached hydrogens (tertiary/aromatic N) is 1. The molecule has 0 saturated carbocycles. The van der Waals surface area contributed by atoms with E-state index in [4.69, 9.17) is 22.3 Å². The van der Waals surface area contributed by atoms with Crippen LogP contribution >= 0.6 is 0 Å². The van der Waals surface area contributed by atoms with Gasteiger partial charge in [0.05, 0.1) is 6.04 Å². The average Bonchev–Trinajstić information content (AvgIpc) is 2.31. The molecule has 116 valence electrons. The topological polar surface area (TPSA) is 157 Å². The first-order valence-corrected chi connectivity index (χ1v) is 6.58. The van der Waals surface area contributed by atoms with Crippen LogP contribution in [0.2, 0.25) is 0 Å². The summed E-state index contributed by atoms with van der Waals surface area (Å²) >= 11 is 0. The van der Waals surface area contributed by atoms with E-state index < -0.39 is 24.0 Å². The summed E-state index contributed by atoms with van der Waals surface area (Å²) in [4.78, 5) is 26.6. The maximum Gasteiger partial charge on any atom is 0.326 e. The van der Waals surface area contributed by atoms with Gasteiger partial charge in [-0.3, -0.25) is 9.79 Å². The number of carboxylic acids is 1. The molecule has 8 heteroatoms. The monoisotopic (exact) mass is 287 g/mol. The summed E-state index contributed by atoms with van der Waals surface area (Å²) < 4.78 is 0. The number of carbonyl (C=O) groups is 2. The zero-order valence-corrected chi connectivity index (χ0v) is 12.0. The number of amides is 1. The van der Waals surface area contributed by atoms with Crippen molar-refractivity contribution in [1.82, 2.24) is 5.32 Å². The molecule has 0 saturated heterocycles. The number of aliphatic imine (C=N–C) groups is 1. The van der Waals surface area contributed by atoms with Crippen LogP contribution in [0.3, 0.4) is 0 Å². The Balaban J connectivity index is 4.30. The van der Waals surface area contributed by atoms with E-state index in [2.05, 4.69) is 10.3 Å². The molecule has 8 nitrogen and oxygen atoms in total. The lowest BCUT2D eigenvalue weighted by atomic mass is 10.0. The van der Waals surface area contributed by atoms with Crippen molar-refractivity contribution >= 4 is 17.8 Å². The Bertz CT molecular complexity index is 353. The molecular formula is C12H25N5O3. The van der Waals surface area contributed by atoms with Crippen LogP contribution in [-0.2, 0) is 9.59 Å². The van der Waals surface area contributed by atoms with Gasteiger partial charge in [-0.2, -0.15) is 0 Å². The van der Waals surface area contributed by atoms with Gasteiger partial charge < -0.3 is 27.6 Å². The summed E-state index contributed by atoms with van der Waals surface area (Å²) in [6.07, 6.45) is 1.20. The largest absolute Gasteiger partial charge is 0.480 e. The number of rotatable bonds is 9. The van der Waals surface area contributed by atoms with Crippen molar-refractivity contribution in [3.8, 4) is 0 Å². The summed E-state index contributed by atoms with van der Waals surface area (Å²) in [6, 6.07) is -1.68. The number of aliphatic carboxylic acids is 1. The van der Waals surface area contributed by atoms with Gasteiger partial charge in [0.2, 0.25) is 5.91 Å². The molecule has 20 heavy (non-hydrogen) atoms. The minimum atomic E-state index is -1.10. The molecular weight excluding hydrogens is 262 g/mol. The molecule has 0 bridgehead atoms. The highest BCUT2D eigenvalue weighted by Crippen LogP contribution is 2.04. The van der Waals surface area contributed by atoms with Crippen LogP contribution in [0.25, 0.3) is 0 Å². The SMILES string of the molecule is CC(C)C[C@@H](N)C(=O)N[C@@H](CCCN=C(N)N)C(=O)O. The molecule has 0 radical (unpaired) electrons. The van der Waals surface area contributed by atoms with Gasteiger partial charge in [0.15, 0.2) is 5.96 Å². The Hall–Kier alpha value is -1.83. The maximum absolute atomic E-state index is 11.8. The molecule has 8 N–H and O–H groups in total. The highest BCUT2D eigenvalue weighted by molar-refractivity contribution is 5.86. The van der Waals surface area contributed by atoms with E-state index in [1.165, 1.54) is 0 Å². The number of hydrogen-bond donors (Lipinski definition) is 5. The molecule has 0 aliphatic heterocycles. The van der Waals surface area contributed by atoms with E-state index >= 15 is 0 Å². The molecule has 0 rings (SSSR count). The zero-order valence-electron chi connectivity index (χ0n) is 12.0. The second kappa shape index (κ2) is 9.13. The fraction of sp³-hybridized carbons (Fsp3) is 0.750. The third-order valence-corrected chi connectivity index (χ3v) is 2.62. The molecule has 2 atom stereocenters. The van der Waals surface area contributed by atoms with Gasteiger partial charge in [0, 0.05) is 6.54 Å². The Morgan fingerprint density at radius 1 is 1.30 bits per heavy atom. The fourth-order valence-corrected chi connectivity index (χ4v) is 1.65. The van der Waals surface area contributed by atoms with Crippen molar-refractivity contribution in [2.45, 2.75) is 45.2 Å². The number of nitrogens with two attached hydrogens (primary N) is 3. The van der Waals surface area contributed by atoms with Crippen molar-refractivity contribution < 1.29 is 14.7 Å². The predicted octanol–water partition coefficient (Wildman–Crippen LogP) is -1.02. The predicted molar refractivity (Wildman–Crippen MR) is 76.9 cm³/mol. The van der Waals surface area contributed by atoms with E-state index in [0.717, 1.165) is 0 Å². The van der Waals surface area contributed by atoms with Gasteiger partial charge in [0.1, 0.15) is 6.04 Å². The van der Waals surface area contributed by atoms with E-state index in [1.54, 1.807) is 0 Å². The van der Waals surface area contributed by atoms with Crippen LogP contribution in [0.5, 0.6) is 0 Å². The smallest absolute Gasteiger partial charge is 0.326 e. The van der Waals surface area contributed by atoms with Gasteiger partial charge in [-0.05, 0) is 25.2 Å². The standard InChI is InChI=1S/C12H25N5O3/c1-7(2)6-8(13)10(18)17-9(11(19)20)4-3-5-16-12(14)15/h7-9H,3-6,13H2,1-2H3,(H,17,18)(H,19,20)(H4,14,15,16)/t8-,9+/m1/s1. The van der Waals surface area contributed by atoms with E-state index in [1.807, 2.05) is 13.8 Å². The van der Waals surface area contributed by atoms with Crippen molar-refractivity contribution in [1.29, 1.82) is 0 Å². The number of carbonyl (C=O) groups excluding carboxylic acids is 1. The first kappa shape index (κ1) is 18.2. The van der Waals surface area contributed by atoms with Crippen molar-refractivity contribution in [3.63, 3.8) is 0 Å². The number of nitrogens with one attached hydrogen (secondary N) is 1. The molecule has 0 aliphatic rings. The molecule has 1 amide bonds. The third-order valence-electron chi connectivity index (χ3n) is 2.62. The average molecular weight is 287 g/mol. The summed E-state index contributed by atoms with van der Waals surface area (Å²) in [5.41, 5.74) is 16.0. The third kappa shape index (κ3) is 8.30. The Labute approximate surface area is 118 Å². The van der Waals surface area contributed by atoms with Gasteiger partial charge in [-0.25, -0.2) is 4.79 Å². The second-order valence-electron chi connectivity index (χ2n) is 5.08. The Morgan fingerprint density at radius 2 is 1.90 bits per heavy atom. The van der Waals surface area contributed by atoms with Crippen LogP contribution in [0.15, 0.2) is 4.99 Å². The Morgan fingerprint density at radius 3 is 2.35 bits per heavy atom. The number of guanidine groups is 1. The van der Waals surface area contributed by atoms with Crippen LogP contribution in [0.1, 0.15) is 33.1 Å². The van der Waals surface area contributed by atoms with E-state index in [0.29, 0.717) is 19.4 Å². The van der Waals surface area contributed by atoms with E-state index in [9.17, 15) is 9.59 Å². The van der Waals surface area contributed by atoms with Gasteiger partial charge in [-0.15, -0.1) is 0 Å². The van der Waals surface area contributed by atoms with Gasteiger partial charge >= 0.3 is 5.97 Å². The van der Waals surface area contributed by atoms with Gasteiger partial charge in [0.25, 0.3) is 0 Å². The van der Waals surface area contributed by atoms with Crippen LogP contribution in [0.4, 0.5) is 0 Å². The zero-order chi connectivity index (χ0) is 15.7. The molecule has 0 fully saturated rings. The van der Waals surface area contributed by atoms with Crippen LogP contribution in [-0.4, -0.2) is 41.6 Å². The van der Waals surface area contributed by atoms with Gasteiger partial charge in [-0.1, -0.05) is 13.8 Å². The molecule has 0 aromatic heterocycles. The normalized spacial score (nSPS) is 13.6. The lowest BCUT2D eigenvalue weighted by Gasteiger charge is -2.18. The minimum Gasteiger partial charge on any atom is -0.480 e. The quantitative estimate of drug-likeness (QED) is 0.207. The number of carboxylic acid groups (broad SMARTS) is 1. The highest BCUT2D eigenvalue weighted by Gasteiger charge is 2.23. The fourth-order valence-electron chi connectivity index (χ4n) is 1.65. The lowest BCUT2D eigenvalue weighted by molar-refractivity contribution is -0.142. The summed E-state index contributed by atoms with van der Waals surface area (Å²) in [5, 5.41) is 11.5. The summed E-state index contributed by atoms with van der Waals surface area (Å²) in [5.74, 6) is -1.33. The molecule has 0 aliphatic carbocycles. The van der Waals surface area contributed by atoms with Crippen molar-refractivity contribution in [2.24, 2.45) is 28.1 Å². The molecule has 0 spiro atoms. The molecule has 0 aromatic rings. The van der Waals surface area contributed by atoms with Crippen molar-refractivity contribution in [3.05, 3.63) is 0 Å².